The van der Waals surface area contributed by atoms with E-state index in [0.717, 1.165) is 5.75 Å². The highest BCUT2D eigenvalue weighted by Crippen LogP contribution is 2.40. The van der Waals surface area contributed by atoms with E-state index in [1.54, 1.807) is 0 Å². The third-order valence-electron chi connectivity index (χ3n) is 3.55. The number of hydrogen-bond donors (Lipinski definition) is 1. The molecule has 0 heterocycles. The zero-order valence-corrected chi connectivity index (χ0v) is 11.4. The van der Waals surface area contributed by atoms with Crippen LogP contribution in [0.2, 0.25) is 0 Å². The third-order valence-corrected chi connectivity index (χ3v) is 4.65. The quantitative estimate of drug-likeness (QED) is 0.755. The van der Waals surface area contributed by atoms with Crippen LogP contribution in [0, 0.1) is 0 Å². The van der Waals surface area contributed by atoms with Crippen molar-refractivity contribution in [2.45, 2.75) is 37.5 Å². The van der Waals surface area contributed by atoms with Crippen molar-refractivity contribution in [3.63, 3.8) is 0 Å². The molecule has 0 spiro atoms. The second-order valence-electron chi connectivity index (χ2n) is 4.51. The van der Waals surface area contributed by atoms with Gasteiger partial charge in [0, 0.05) is 9.89 Å². The Balaban J connectivity index is 2.32. The monoisotopic (exact) mass is 284 g/mol. The molecule has 2 rings (SSSR count). The molecule has 0 aliphatic heterocycles. The van der Waals surface area contributed by atoms with E-state index in [1.165, 1.54) is 42.1 Å². The van der Waals surface area contributed by atoms with E-state index in [4.69, 9.17) is 0 Å². The van der Waals surface area contributed by atoms with Crippen LogP contribution in [0.15, 0.2) is 28.7 Å². The summed E-state index contributed by atoms with van der Waals surface area (Å²) in [4.78, 5) is 0. The Bertz CT molecular complexity index is 329. The first-order valence-corrected chi connectivity index (χ1v) is 7.06. The van der Waals surface area contributed by atoms with E-state index in [2.05, 4.69) is 52.8 Å². The first-order valence-electron chi connectivity index (χ1n) is 5.64. The summed E-state index contributed by atoms with van der Waals surface area (Å²) in [5, 5.41) is 0. The van der Waals surface area contributed by atoms with E-state index in [1.807, 2.05) is 0 Å². The van der Waals surface area contributed by atoms with Gasteiger partial charge >= 0.3 is 0 Å². The van der Waals surface area contributed by atoms with Crippen LogP contribution in [0.4, 0.5) is 0 Å². The van der Waals surface area contributed by atoms with Crippen LogP contribution < -0.4 is 0 Å². The zero-order chi connectivity index (χ0) is 10.7. The van der Waals surface area contributed by atoms with E-state index in [0.29, 0.717) is 5.41 Å². The van der Waals surface area contributed by atoms with Crippen molar-refractivity contribution < 1.29 is 0 Å². The summed E-state index contributed by atoms with van der Waals surface area (Å²) < 4.78 is 1.19. The van der Waals surface area contributed by atoms with Crippen LogP contribution in [0.3, 0.4) is 0 Å². The summed E-state index contributed by atoms with van der Waals surface area (Å²) in [7, 11) is 0. The summed E-state index contributed by atoms with van der Waals surface area (Å²) in [6, 6.07) is 8.76. The highest BCUT2D eigenvalue weighted by molar-refractivity contribution is 9.10. The Morgan fingerprint density at radius 1 is 1.20 bits per heavy atom. The molecular weight excluding hydrogens is 268 g/mol. The Morgan fingerprint density at radius 3 is 2.53 bits per heavy atom. The van der Waals surface area contributed by atoms with Crippen LogP contribution in [-0.2, 0) is 5.41 Å². The van der Waals surface area contributed by atoms with Crippen molar-refractivity contribution in [1.29, 1.82) is 0 Å². The molecular formula is C13H17BrS. The van der Waals surface area contributed by atoms with Gasteiger partial charge < -0.3 is 0 Å². The first-order chi connectivity index (χ1) is 7.27. The van der Waals surface area contributed by atoms with E-state index < -0.39 is 0 Å². The van der Waals surface area contributed by atoms with E-state index in [-0.39, 0.29) is 0 Å². The average Bonchev–Trinajstić information content (AvgIpc) is 2.30. The van der Waals surface area contributed by atoms with Gasteiger partial charge in [-0.05, 0) is 36.3 Å². The van der Waals surface area contributed by atoms with Gasteiger partial charge in [-0.3, -0.25) is 0 Å². The first kappa shape index (κ1) is 11.5. The minimum atomic E-state index is 0.338. The molecule has 15 heavy (non-hydrogen) atoms. The smallest absolute Gasteiger partial charge is 0.0178 e. The van der Waals surface area contributed by atoms with E-state index in [9.17, 15) is 0 Å². The average molecular weight is 285 g/mol. The fourth-order valence-corrected chi connectivity index (χ4v) is 3.48. The van der Waals surface area contributed by atoms with Crippen LogP contribution in [-0.4, -0.2) is 5.75 Å². The van der Waals surface area contributed by atoms with Crippen LogP contribution in [0.5, 0.6) is 0 Å². The Labute approximate surface area is 106 Å². The standard InChI is InChI=1S/C13H17BrS/c14-12-6-4-5-11(9-12)13(10-15)7-2-1-3-8-13/h4-6,9,15H,1-3,7-8,10H2. The van der Waals surface area contributed by atoms with Gasteiger partial charge in [-0.2, -0.15) is 12.6 Å². The lowest BCUT2D eigenvalue weighted by atomic mass is 9.71. The highest BCUT2D eigenvalue weighted by Gasteiger charge is 2.32. The fourth-order valence-electron chi connectivity index (χ4n) is 2.58. The number of halogens is 1. The molecule has 0 aromatic heterocycles. The van der Waals surface area contributed by atoms with Crippen LogP contribution >= 0.6 is 28.6 Å². The summed E-state index contributed by atoms with van der Waals surface area (Å²) in [5.41, 5.74) is 1.80. The molecule has 1 aromatic carbocycles. The van der Waals surface area contributed by atoms with Crippen molar-refractivity contribution in [3.8, 4) is 0 Å². The molecule has 0 bridgehead atoms. The van der Waals surface area contributed by atoms with Crippen molar-refractivity contribution in [1.82, 2.24) is 0 Å². The molecule has 82 valence electrons. The zero-order valence-electron chi connectivity index (χ0n) is 8.88. The van der Waals surface area contributed by atoms with Crippen LogP contribution in [0.25, 0.3) is 0 Å². The lowest BCUT2D eigenvalue weighted by Crippen LogP contribution is -2.30. The predicted octanol–water partition coefficient (Wildman–Crippen LogP) is 4.58. The van der Waals surface area contributed by atoms with Crippen molar-refractivity contribution in [2.75, 3.05) is 5.75 Å². The molecule has 0 N–H and O–H groups in total. The lowest BCUT2D eigenvalue weighted by molar-refractivity contribution is 0.326. The van der Waals surface area contributed by atoms with Crippen molar-refractivity contribution >= 4 is 28.6 Å². The summed E-state index contributed by atoms with van der Waals surface area (Å²) in [6.45, 7) is 0. The Morgan fingerprint density at radius 2 is 1.93 bits per heavy atom. The van der Waals surface area contributed by atoms with Gasteiger partial charge in [0.25, 0.3) is 0 Å². The van der Waals surface area contributed by atoms with Gasteiger partial charge in [0.05, 0.1) is 0 Å². The van der Waals surface area contributed by atoms with Gasteiger partial charge in [-0.25, -0.2) is 0 Å². The normalized spacial score (nSPS) is 20.1. The molecule has 0 amide bonds. The van der Waals surface area contributed by atoms with Gasteiger partial charge in [0.15, 0.2) is 0 Å². The lowest BCUT2D eigenvalue weighted by Gasteiger charge is -2.36. The number of rotatable bonds is 2. The largest absolute Gasteiger partial charge is 0.178 e. The molecule has 0 saturated heterocycles. The van der Waals surface area contributed by atoms with Crippen LogP contribution in [0.1, 0.15) is 37.7 Å². The Kier molecular flexibility index (Phi) is 3.78. The molecule has 0 atom stereocenters. The molecule has 1 aliphatic carbocycles. The minimum Gasteiger partial charge on any atom is -0.178 e. The summed E-state index contributed by atoms with van der Waals surface area (Å²) in [5.74, 6) is 0.976. The molecule has 1 aliphatic rings. The molecule has 0 unspecified atom stereocenters. The number of hydrogen-bond acceptors (Lipinski definition) is 1. The maximum atomic E-state index is 4.58. The SMILES string of the molecule is SCC1(c2cccc(Br)c2)CCCCC1. The highest BCUT2D eigenvalue weighted by atomic mass is 79.9. The van der Waals surface area contributed by atoms with Gasteiger partial charge in [0.1, 0.15) is 0 Å². The molecule has 0 nitrogen and oxygen atoms in total. The molecule has 1 aromatic rings. The molecule has 1 saturated carbocycles. The Hall–Kier alpha value is 0.0500. The molecule has 1 fully saturated rings. The van der Waals surface area contributed by atoms with Crippen molar-refractivity contribution in [2.24, 2.45) is 0 Å². The summed E-state index contributed by atoms with van der Waals surface area (Å²) in [6.07, 6.45) is 6.70. The second-order valence-corrected chi connectivity index (χ2v) is 5.74. The van der Waals surface area contributed by atoms with E-state index >= 15 is 0 Å². The second kappa shape index (κ2) is 4.92. The fraction of sp³-hybridized carbons (Fsp3) is 0.538. The minimum absolute atomic E-state index is 0.338. The molecule has 2 heteroatoms. The van der Waals surface area contributed by atoms with Crippen molar-refractivity contribution in [3.05, 3.63) is 34.3 Å². The van der Waals surface area contributed by atoms with Gasteiger partial charge in [-0.1, -0.05) is 47.3 Å². The summed E-state index contributed by atoms with van der Waals surface area (Å²) >= 11 is 8.14. The predicted molar refractivity (Wildman–Crippen MR) is 72.8 cm³/mol. The van der Waals surface area contributed by atoms with Gasteiger partial charge in [0.2, 0.25) is 0 Å². The third kappa shape index (κ3) is 2.42. The van der Waals surface area contributed by atoms with Gasteiger partial charge in [-0.15, -0.1) is 0 Å². The molecule has 0 radical (unpaired) electrons. The maximum Gasteiger partial charge on any atom is 0.0178 e. The number of thiol groups is 1. The topological polar surface area (TPSA) is 0 Å². The maximum absolute atomic E-state index is 4.58. The number of benzene rings is 1.